The second kappa shape index (κ2) is 4.21. The monoisotopic (exact) mass is 258 g/mol. The standard InChI is InChI=1S/C10H9F3N4O/c1-5-2-9(17-16-5)18-8-4-6(10(11,12)13)3-7(14)15-8/h2-4H,1H3,(H2,14,15)(H,16,17). The third-order valence-corrected chi connectivity index (χ3v) is 2.04. The van der Waals surface area contributed by atoms with Crippen molar-refractivity contribution in [1.29, 1.82) is 0 Å². The Morgan fingerprint density at radius 2 is 1.94 bits per heavy atom. The Labute approximate surface area is 99.8 Å². The van der Waals surface area contributed by atoms with Gasteiger partial charge in [-0.15, -0.1) is 5.10 Å². The van der Waals surface area contributed by atoms with Crippen LogP contribution >= 0.6 is 0 Å². The summed E-state index contributed by atoms with van der Waals surface area (Å²) in [6, 6.07) is 3.03. The number of nitrogens with two attached hydrogens (primary N) is 1. The summed E-state index contributed by atoms with van der Waals surface area (Å²) in [6.45, 7) is 1.73. The van der Waals surface area contributed by atoms with Crippen molar-refractivity contribution < 1.29 is 17.9 Å². The van der Waals surface area contributed by atoms with E-state index < -0.39 is 11.7 Å². The third-order valence-electron chi connectivity index (χ3n) is 2.04. The number of H-pyrrole nitrogens is 1. The predicted octanol–water partition coefficient (Wildman–Crippen LogP) is 2.51. The molecule has 3 N–H and O–H groups in total. The molecule has 0 bridgehead atoms. The number of rotatable bonds is 2. The summed E-state index contributed by atoms with van der Waals surface area (Å²) in [5.41, 5.74) is 5.09. The van der Waals surface area contributed by atoms with Gasteiger partial charge in [0, 0.05) is 17.8 Å². The molecular formula is C10H9F3N4O. The molecule has 0 fully saturated rings. The molecule has 96 valence electrons. The number of anilines is 1. The second-order valence-electron chi connectivity index (χ2n) is 3.61. The van der Waals surface area contributed by atoms with Crippen LogP contribution in [0.25, 0.3) is 0 Å². The topological polar surface area (TPSA) is 76.8 Å². The number of nitrogens with zero attached hydrogens (tertiary/aromatic N) is 2. The van der Waals surface area contributed by atoms with Crippen molar-refractivity contribution >= 4 is 5.82 Å². The van der Waals surface area contributed by atoms with E-state index in [0.29, 0.717) is 5.69 Å². The van der Waals surface area contributed by atoms with Crippen molar-refractivity contribution in [2.75, 3.05) is 5.73 Å². The highest BCUT2D eigenvalue weighted by Gasteiger charge is 2.31. The molecule has 2 rings (SSSR count). The van der Waals surface area contributed by atoms with Crippen molar-refractivity contribution in [2.45, 2.75) is 13.1 Å². The summed E-state index contributed by atoms with van der Waals surface area (Å²) >= 11 is 0. The van der Waals surface area contributed by atoms with Crippen LogP contribution in [0.3, 0.4) is 0 Å². The summed E-state index contributed by atoms with van der Waals surface area (Å²) < 4.78 is 42.7. The van der Waals surface area contributed by atoms with Crippen LogP contribution in [-0.2, 0) is 6.18 Å². The van der Waals surface area contributed by atoms with Crippen LogP contribution in [-0.4, -0.2) is 15.2 Å². The number of aryl methyl sites for hydroxylation is 1. The number of alkyl halides is 3. The molecule has 0 radical (unpaired) electrons. The van der Waals surface area contributed by atoms with E-state index in [1.807, 2.05) is 0 Å². The van der Waals surface area contributed by atoms with Gasteiger partial charge in [-0.1, -0.05) is 0 Å². The molecule has 0 aliphatic carbocycles. The molecule has 0 aromatic carbocycles. The molecule has 0 aliphatic heterocycles. The first-order chi connectivity index (χ1) is 8.34. The van der Waals surface area contributed by atoms with Crippen molar-refractivity contribution in [3.05, 3.63) is 29.5 Å². The minimum absolute atomic E-state index is 0.124. The highest BCUT2D eigenvalue weighted by atomic mass is 19.4. The lowest BCUT2D eigenvalue weighted by Crippen LogP contribution is -2.07. The van der Waals surface area contributed by atoms with Gasteiger partial charge >= 0.3 is 6.18 Å². The fourth-order valence-electron chi connectivity index (χ4n) is 1.29. The first-order valence-corrected chi connectivity index (χ1v) is 4.89. The zero-order valence-corrected chi connectivity index (χ0v) is 9.25. The zero-order chi connectivity index (χ0) is 13.3. The maximum atomic E-state index is 12.5. The molecule has 5 nitrogen and oxygen atoms in total. The predicted molar refractivity (Wildman–Crippen MR) is 57.1 cm³/mol. The zero-order valence-electron chi connectivity index (χ0n) is 9.25. The van der Waals surface area contributed by atoms with Crippen LogP contribution in [0.2, 0.25) is 0 Å². The Morgan fingerprint density at radius 1 is 1.22 bits per heavy atom. The molecule has 2 aromatic heterocycles. The van der Waals surface area contributed by atoms with Gasteiger partial charge in [0.15, 0.2) is 0 Å². The maximum Gasteiger partial charge on any atom is 0.416 e. The third kappa shape index (κ3) is 2.70. The lowest BCUT2D eigenvalue weighted by atomic mass is 10.2. The van der Waals surface area contributed by atoms with Gasteiger partial charge in [-0.25, -0.2) is 0 Å². The van der Waals surface area contributed by atoms with Gasteiger partial charge in [0.05, 0.1) is 5.56 Å². The number of hydrogen-bond donors (Lipinski definition) is 2. The average molecular weight is 258 g/mol. The SMILES string of the molecule is Cc1cc(Oc2cc(C(F)(F)F)cc(N)n2)n[nH]1. The molecule has 2 heterocycles. The summed E-state index contributed by atoms with van der Waals surface area (Å²) in [4.78, 5) is 3.65. The van der Waals surface area contributed by atoms with Crippen LogP contribution in [0, 0.1) is 6.92 Å². The Bertz CT molecular complexity index is 564. The number of nitrogens with one attached hydrogen (secondary N) is 1. The molecule has 0 saturated carbocycles. The molecule has 0 atom stereocenters. The molecular weight excluding hydrogens is 249 g/mol. The van der Waals surface area contributed by atoms with Crippen LogP contribution < -0.4 is 10.5 Å². The van der Waals surface area contributed by atoms with Crippen LogP contribution in [0.4, 0.5) is 19.0 Å². The van der Waals surface area contributed by atoms with Gasteiger partial charge in [0.2, 0.25) is 11.8 Å². The van der Waals surface area contributed by atoms with Crippen molar-refractivity contribution in [1.82, 2.24) is 15.2 Å². The Kier molecular flexibility index (Phi) is 2.85. The minimum Gasteiger partial charge on any atom is -0.419 e. The van der Waals surface area contributed by atoms with Crippen molar-refractivity contribution in [2.24, 2.45) is 0 Å². The number of pyridine rings is 1. The van der Waals surface area contributed by atoms with E-state index >= 15 is 0 Å². The fraction of sp³-hybridized carbons (Fsp3) is 0.200. The largest absolute Gasteiger partial charge is 0.419 e. The molecule has 0 amide bonds. The van der Waals surface area contributed by atoms with Gasteiger partial charge in [0.25, 0.3) is 0 Å². The first kappa shape index (κ1) is 12.2. The summed E-state index contributed by atoms with van der Waals surface area (Å²) in [7, 11) is 0. The normalized spacial score (nSPS) is 11.6. The van der Waals surface area contributed by atoms with E-state index in [1.54, 1.807) is 6.92 Å². The average Bonchev–Trinajstić information content (AvgIpc) is 2.61. The fourth-order valence-corrected chi connectivity index (χ4v) is 1.29. The van der Waals surface area contributed by atoms with Gasteiger partial charge in [-0.05, 0) is 13.0 Å². The van der Waals surface area contributed by atoms with Gasteiger partial charge < -0.3 is 10.5 Å². The van der Waals surface area contributed by atoms with E-state index in [4.69, 9.17) is 10.5 Å². The van der Waals surface area contributed by atoms with Crippen molar-refractivity contribution in [3.63, 3.8) is 0 Å². The number of ether oxygens (including phenoxy) is 1. The first-order valence-electron chi connectivity index (χ1n) is 4.89. The van der Waals surface area contributed by atoms with Gasteiger partial charge in [-0.2, -0.15) is 18.2 Å². The highest BCUT2D eigenvalue weighted by molar-refractivity contribution is 5.39. The number of aromatic nitrogens is 3. The number of aromatic amines is 1. The van der Waals surface area contributed by atoms with Crippen LogP contribution in [0.5, 0.6) is 11.8 Å². The Hall–Kier alpha value is -2.25. The Morgan fingerprint density at radius 3 is 2.50 bits per heavy atom. The number of hydrogen-bond acceptors (Lipinski definition) is 4. The number of halogens is 3. The van der Waals surface area contributed by atoms with Crippen LogP contribution in [0.1, 0.15) is 11.3 Å². The lowest BCUT2D eigenvalue weighted by Gasteiger charge is -2.09. The summed E-state index contributed by atoms with van der Waals surface area (Å²) in [5, 5.41) is 6.32. The van der Waals surface area contributed by atoms with Crippen molar-refractivity contribution in [3.8, 4) is 11.8 Å². The molecule has 0 spiro atoms. The van der Waals surface area contributed by atoms with E-state index in [9.17, 15) is 13.2 Å². The van der Waals surface area contributed by atoms with E-state index in [0.717, 1.165) is 12.1 Å². The lowest BCUT2D eigenvalue weighted by molar-refractivity contribution is -0.137. The quantitative estimate of drug-likeness (QED) is 0.867. The Balaban J connectivity index is 2.31. The molecule has 0 unspecified atom stereocenters. The van der Waals surface area contributed by atoms with Gasteiger partial charge in [-0.3, -0.25) is 5.10 Å². The summed E-state index contributed by atoms with van der Waals surface area (Å²) in [6.07, 6.45) is -4.50. The molecule has 0 saturated heterocycles. The van der Waals surface area contributed by atoms with E-state index in [-0.39, 0.29) is 17.6 Å². The maximum absolute atomic E-state index is 12.5. The van der Waals surface area contributed by atoms with Crippen LogP contribution in [0.15, 0.2) is 18.2 Å². The smallest absolute Gasteiger partial charge is 0.416 e. The molecule has 8 heteroatoms. The van der Waals surface area contributed by atoms with E-state index in [1.165, 1.54) is 6.07 Å². The summed E-state index contributed by atoms with van der Waals surface area (Å²) in [5.74, 6) is -0.403. The second-order valence-corrected chi connectivity index (χ2v) is 3.61. The minimum atomic E-state index is -4.50. The highest BCUT2D eigenvalue weighted by Crippen LogP contribution is 2.32. The van der Waals surface area contributed by atoms with E-state index in [2.05, 4.69) is 15.2 Å². The molecule has 18 heavy (non-hydrogen) atoms. The molecule has 0 aliphatic rings. The molecule has 2 aromatic rings. The number of nitrogen functional groups attached to an aromatic ring is 1. The van der Waals surface area contributed by atoms with Gasteiger partial charge in [0.1, 0.15) is 5.82 Å².